The van der Waals surface area contributed by atoms with Crippen LogP contribution in [0.3, 0.4) is 0 Å². The Morgan fingerprint density at radius 3 is 2.62 bits per heavy atom. The van der Waals surface area contributed by atoms with Gasteiger partial charge in [0.15, 0.2) is 0 Å². The van der Waals surface area contributed by atoms with Gasteiger partial charge in [0.2, 0.25) is 5.91 Å². The fourth-order valence-corrected chi connectivity index (χ4v) is 3.10. The highest BCUT2D eigenvalue weighted by molar-refractivity contribution is 7.98. The summed E-state index contributed by atoms with van der Waals surface area (Å²) in [5, 5.41) is 3.44. The number of amides is 1. The average Bonchev–Trinajstić information content (AvgIpc) is 2.64. The third kappa shape index (κ3) is 4.33. The van der Waals surface area contributed by atoms with Crippen molar-refractivity contribution in [3.8, 4) is 11.4 Å². The SMILES string of the molecule is CSc1ccccc1NC(=O)Cc1cnc(-c2ccc(Cl)cc2)[nH]c1=O. The zero-order valence-electron chi connectivity index (χ0n) is 14.0. The van der Waals surface area contributed by atoms with Crippen molar-refractivity contribution in [2.45, 2.75) is 11.3 Å². The Hall–Kier alpha value is -2.57. The Labute approximate surface area is 159 Å². The molecule has 0 radical (unpaired) electrons. The summed E-state index contributed by atoms with van der Waals surface area (Å²) in [5.41, 5.74) is 1.45. The van der Waals surface area contributed by atoms with E-state index in [4.69, 9.17) is 11.6 Å². The van der Waals surface area contributed by atoms with Crippen LogP contribution in [0, 0.1) is 0 Å². The molecule has 7 heteroatoms. The number of carbonyl (C=O) groups excluding carboxylic acids is 1. The van der Waals surface area contributed by atoms with Gasteiger partial charge < -0.3 is 10.3 Å². The van der Waals surface area contributed by atoms with E-state index >= 15 is 0 Å². The van der Waals surface area contributed by atoms with E-state index in [9.17, 15) is 9.59 Å². The molecular weight excluding hydrogens is 370 g/mol. The van der Waals surface area contributed by atoms with Crippen LogP contribution in [0.5, 0.6) is 0 Å². The molecule has 0 saturated heterocycles. The highest BCUT2D eigenvalue weighted by Gasteiger charge is 2.11. The highest BCUT2D eigenvalue weighted by Crippen LogP contribution is 2.24. The first-order chi connectivity index (χ1) is 12.6. The normalized spacial score (nSPS) is 10.5. The number of para-hydroxylation sites is 1. The van der Waals surface area contributed by atoms with Crippen molar-refractivity contribution >= 4 is 35.0 Å². The second-order valence-electron chi connectivity index (χ2n) is 5.52. The Balaban J connectivity index is 1.75. The largest absolute Gasteiger partial charge is 0.325 e. The molecule has 26 heavy (non-hydrogen) atoms. The number of anilines is 1. The van der Waals surface area contributed by atoms with Crippen molar-refractivity contribution in [2.24, 2.45) is 0 Å². The summed E-state index contributed by atoms with van der Waals surface area (Å²) in [6.07, 6.45) is 3.32. The van der Waals surface area contributed by atoms with Crippen LogP contribution in [0.1, 0.15) is 5.56 Å². The van der Waals surface area contributed by atoms with Crippen molar-refractivity contribution < 1.29 is 4.79 Å². The van der Waals surface area contributed by atoms with Crippen LogP contribution in [-0.4, -0.2) is 22.1 Å². The molecule has 0 unspecified atom stereocenters. The van der Waals surface area contributed by atoms with Gasteiger partial charge in [-0.25, -0.2) is 4.98 Å². The van der Waals surface area contributed by atoms with Gasteiger partial charge in [0, 0.05) is 27.2 Å². The molecule has 1 aromatic heterocycles. The summed E-state index contributed by atoms with van der Waals surface area (Å²) < 4.78 is 0. The van der Waals surface area contributed by atoms with Crippen molar-refractivity contribution in [3.05, 3.63) is 75.7 Å². The van der Waals surface area contributed by atoms with Gasteiger partial charge in [-0.2, -0.15) is 0 Å². The Kier molecular flexibility index (Phi) is 5.75. The molecular formula is C19H16ClN3O2S. The lowest BCUT2D eigenvalue weighted by Crippen LogP contribution is -2.22. The molecule has 5 nitrogen and oxygen atoms in total. The zero-order chi connectivity index (χ0) is 18.5. The van der Waals surface area contributed by atoms with E-state index in [1.807, 2.05) is 30.5 Å². The summed E-state index contributed by atoms with van der Waals surface area (Å²) in [5.74, 6) is 0.168. The number of nitrogens with one attached hydrogen (secondary N) is 2. The number of H-pyrrole nitrogens is 1. The molecule has 1 amide bonds. The molecule has 0 fully saturated rings. The predicted octanol–water partition coefficient (Wildman–Crippen LogP) is 3.99. The molecule has 0 spiro atoms. The third-order valence-corrected chi connectivity index (χ3v) is 4.77. The summed E-state index contributed by atoms with van der Waals surface area (Å²) in [6, 6.07) is 14.5. The second-order valence-corrected chi connectivity index (χ2v) is 6.80. The maximum atomic E-state index is 12.3. The van der Waals surface area contributed by atoms with E-state index in [2.05, 4.69) is 15.3 Å². The smallest absolute Gasteiger partial charge is 0.254 e. The quantitative estimate of drug-likeness (QED) is 0.651. The number of nitrogens with zero attached hydrogens (tertiary/aromatic N) is 1. The van der Waals surface area contributed by atoms with Gasteiger partial charge in [0.1, 0.15) is 5.82 Å². The molecule has 0 atom stereocenters. The monoisotopic (exact) mass is 385 g/mol. The van der Waals surface area contributed by atoms with Gasteiger partial charge in [-0.1, -0.05) is 23.7 Å². The molecule has 3 aromatic rings. The molecule has 0 aliphatic rings. The average molecular weight is 386 g/mol. The van der Waals surface area contributed by atoms with E-state index in [0.29, 0.717) is 16.4 Å². The van der Waals surface area contributed by atoms with E-state index in [0.717, 1.165) is 16.1 Å². The Morgan fingerprint density at radius 2 is 1.92 bits per heavy atom. The third-order valence-electron chi connectivity index (χ3n) is 3.72. The summed E-state index contributed by atoms with van der Waals surface area (Å²) in [7, 11) is 0. The molecule has 2 aromatic carbocycles. The predicted molar refractivity (Wildman–Crippen MR) is 106 cm³/mol. The number of rotatable bonds is 5. The number of hydrogen-bond acceptors (Lipinski definition) is 4. The molecule has 0 aliphatic heterocycles. The van der Waals surface area contributed by atoms with Gasteiger partial charge in [-0.05, 0) is 42.7 Å². The number of aromatic amines is 1. The van der Waals surface area contributed by atoms with Gasteiger partial charge in [0.05, 0.1) is 12.1 Å². The number of thioether (sulfide) groups is 1. The molecule has 0 aliphatic carbocycles. The fraction of sp³-hybridized carbons (Fsp3) is 0.105. The van der Waals surface area contributed by atoms with Gasteiger partial charge in [-0.15, -0.1) is 11.8 Å². The second kappa shape index (κ2) is 8.21. The minimum absolute atomic E-state index is 0.0497. The van der Waals surface area contributed by atoms with Crippen LogP contribution in [0.4, 0.5) is 5.69 Å². The van der Waals surface area contributed by atoms with E-state index in [-0.39, 0.29) is 17.9 Å². The molecule has 3 rings (SSSR count). The fourth-order valence-electron chi connectivity index (χ4n) is 2.42. The van der Waals surface area contributed by atoms with Gasteiger partial charge >= 0.3 is 0 Å². The highest BCUT2D eigenvalue weighted by atomic mass is 35.5. The molecule has 2 N–H and O–H groups in total. The number of halogens is 1. The lowest BCUT2D eigenvalue weighted by molar-refractivity contribution is -0.115. The minimum Gasteiger partial charge on any atom is -0.325 e. The van der Waals surface area contributed by atoms with Crippen LogP contribution in [-0.2, 0) is 11.2 Å². The molecule has 0 saturated carbocycles. The van der Waals surface area contributed by atoms with Crippen molar-refractivity contribution in [3.63, 3.8) is 0 Å². The lowest BCUT2D eigenvalue weighted by atomic mass is 10.2. The van der Waals surface area contributed by atoms with Crippen molar-refractivity contribution in [1.29, 1.82) is 0 Å². The molecule has 132 valence electrons. The minimum atomic E-state index is -0.335. The maximum absolute atomic E-state index is 12.3. The topological polar surface area (TPSA) is 74.8 Å². The van der Waals surface area contributed by atoms with Gasteiger partial charge in [-0.3, -0.25) is 9.59 Å². The Morgan fingerprint density at radius 1 is 1.19 bits per heavy atom. The standard InChI is InChI=1S/C19H16ClN3O2S/c1-26-16-5-3-2-4-15(16)22-17(24)10-13-11-21-18(23-19(13)25)12-6-8-14(20)9-7-12/h2-9,11H,10H2,1H3,(H,22,24)(H,21,23,25). The first-order valence-corrected chi connectivity index (χ1v) is 9.44. The van der Waals surface area contributed by atoms with Gasteiger partial charge in [0.25, 0.3) is 5.56 Å². The number of hydrogen-bond donors (Lipinski definition) is 2. The van der Waals surface area contributed by atoms with Crippen LogP contribution >= 0.6 is 23.4 Å². The number of carbonyl (C=O) groups is 1. The van der Waals surface area contributed by atoms with E-state index < -0.39 is 0 Å². The first-order valence-electron chi connectivity index (χ1n) is 7.84. The van der Waals surface area contributed by atoms with Crippen LogP contribution < -0.4 is 10.9 Å². The van der Waals surface area contributed by atoms with E-state index in [1.165, 1.54) is 6.20 Å². The van der Waals surface area contributed by atoms with Crippen molar-refractivity contribution in [2.75, 3.05) is 11.6 Å². The molecule has 0 bridgehead atoms. The van der Waals surface area contributed by atoms with Crippen LogP contribution in [0.2, 0.25) is 5.02 Å². The summed E-state index contributed by atoms with van der Waals surface area (Å²) >= 11 is 7.41. The Bertz CT molecular complexity index is 987. The molecule has 1 heterocycles. The number of aromatic nitrogens is 2. The van der Waals surface area contributed by atoms with E-state index in [1.54, 1.807) is 36.0 Å². The summed E-state index contributed by atoms with van der Waals surface area (Å²) in [6.45, 7) is 0. The number of benzene rings is 2. The summed E-state index contributed by atoms with van der Waals surface area (Å²) in [4.78, 5) is 32.5. The van der Waals surface area contributed by atoms with Crippen molar-refractivity contribution in [1.82, 2.24) is 9.97 Å². The zero-order valence-corrected chi connectivity index (χ0v) is 15.5. The lowest BCUT2D eigenvalue weighted by Gasteiger charge is -2.09. The first kappa shape index (κ1) is 18.2. The van der Waals surface area contributed by atoms with Crippen LogP contribution in [0.15, 0.2) is 64.4 Å². The maximum Gasteiger partial charge on any atom is 0.254 e. The van der Waals surface area contributed by atoms with Crippen LogP contribution in [0.25, 0.3) is 11.4 Å².